The lowest BCUT2D eigenvalue weighted by atomic mass is 9.99. The van der Waals surface area contributed by atoms with E-state index in [0.29, 0.717) is 13.2 Å². The average Bonchev–Trinajstić information content (AvgIpc) is 3.44. The number of fused-ring (bicyclic) bond motifs is 1. The van der Waals surface area contributed by atoms with Crippen LogP contribution in [-0.4, -0.2) is 21.4 Å². The number of aromatic nitrogens is 3. The molecule has 0 fully saturated rings. The summed E-state index contributed by atoms with van der Waals surface area (Å²) in [5.74, 6) is 1.71. The molecule has 2 aromatic heterocycles. The van der Waals surface area contributed by atoms with E-state index in [4.69, 9.17) is 26.2 Å². The first kappa shape index (κ1) is 25.0. The maximum atomic E-state index is 6.29. The number of benzene rings is 3. The molecular weight excluding hydrogens is 482 g/mol. The van der Waals surface area contributed by atoms with Gasteiger partial charge in [0.05, 0.1) is 12.1 Å². The quantitative estimate of drug-likeness (QED) is 0.205. The number of para-hydroxylation sites is 2. The van der Waals surface area contributed by atoms with Crippen molar-refractivity contribution in [1.82, 2.24) is 14.8 Å². The highest BCUT2D eigenvalue weighted by molar-refractivity contribution is 6.32. The summed E-state index contributed by atoms with van der Waals surface area (Å²) in [6.45, 7) is 7.18. The van der Waals surface area contributed by atoms with Crippen LogP contribution in [0.5, 0.6) is 11.5 Å². The predicted molar refractivity (Wildman–Crippen MR) is 151 cm³/mol. The van der Waals surface area contributed by atoms with Gasteiger partial charge in [0.15, 0.2) is 0 Å². The molecule has 0 bridgehead atoms. The van der Waals surface area contributed by atoms with Gasteiger partial charge in [-0.25, -0.2) is 0 Å². The second kappa shape index (κ2) is 10.7. The van der Waals surface area contributed by atoms with Crippen LogP contribution in [-0.2, 0) is 20.1 Å². The van der Waals surface area contributed by atoms with Crippen LogP contribution in [0.1, 0.15) is 34.5 Å². The molecule has 0 saturated heterocycles. The van der Waals surface area contributed by atoms with E-state index in [-0.39, 0.29) is 0 Å². The molecule has 37 heavy (non-hydrogen) atoms. The van der Waals surface area contributed by atoms with Crippen molar-refractivity contribution in [2.45, 2.75) is 40.2 Å². The van der Waals surface area contributed by atoms with Gasteiger partial charge in [0.1, 0.15) is 23.8 Å². The fraction of sp³-hybridized carbons (Fsp3) is 0.258. The third kappa shape index (κ3) is 5.23. The van der Waals surface area contributed by atoms with Gasteiger partial charge in [-0.2, -0.15) is 5.10 Å². The molecule has 0 radical (unpaired) electrons. The van der Waals surface area contributed by atoms with Crippen molar-refractivity contribution in [1.29, 1.82) is 0 Å². The molecule has 2 heterocycles. The van der Waals surface area contributed by atoms with Crippen molar-refractivity contribution in [2.75, 3.05) is 6.61 Å². The molecule has 3 aromatic carbocycles. The Hall–Kier alpha value is -3.70. The minimum absolute atomic E-state index is 0.409. The van der Waals surface area contributed by atoms with Crippen LogP contribution in [0.4, 0.5) is 0 Å². The van der Waals surface area contributed by atoms with Crippen molar-refractivity contribution in [3.63, 3.8) is 0 Å². The highest BCUT2D eigenvalue weighted by Gasteiger charge is 2.19. The number of aromatic amines is 1. The number of H-pyrrole nitrogens is 1. The largest absolute Gasteiger partial charge is 0.494 e. The molecule has 0 saturated carbocycles. The van der Waals surface area contributed by atoms with Crippen molar-refractivity contribution >= 4 is 22.5 Å². The Kier molecular flexibility index (Phi) is 7.24. The third-order valence-corrected chi connectivity index (χ3v) is 7.46. The van der Waals surface area contributed by atoms with Crippen molar-refractivity contribution < 1.29 is 9.47 Å². The van der Waals surface area contributed by atoms with E-state index in [1.54, 1.807) is 0 Å². The maximum absolute atomic E-state index is 6.29. The molecule has 0 unspecified atom stereocenters. The number of hydrogen-bond donors (Lipinski definition) is 1. The van der Waals surface area contributed by atoms with Gasteiger partial charge in [0.2, 0.25) is 0 Å². The molecule has 5 aromatic rings. The second-order valence-corrected chi connectivity index (χ2v) is 9.88. The number of aryl methyl sites for hydroxylation is 4. The summed E-state index contributed by atoms with van der Waals surface area (Å²) >= 11 is 6.29. The average molecular weight is 514 g/mol. The molecule has 5 nitrogen and oxygen atoms in total. The van der Waals surface area contributed by atoms with E-state index < -0.39 is 0 Å². The lowest BCUT2D eigenvalue weighted by Gasteiger charge is -2.10. The van der Waals surface area contributed by atoms with Gasteiger partial charge in [-0.3, -0.25) is 4.68 Å². The van der Waals surface area contributed by atoms with Gasteiger partial charge < -0.3 is 14.5 Å². The van der Waals surface area contributed by atoms with E-state index in [1.807, 2.05) is 68.0 Å². The fourth-order valence-corrected chi connectivity index (χ4v) is 4.98. The molecule has 0 aliphatic heterocycles. The van der Waals surface area contributed by atoms with Gasteiger partial charge in [-0.1, -0.05) is 48.0 Å². The molecule has 0 spiro atoms. The Balaban J connectivity index is 1.33. The summed E-state index contributed by atoms with van der Waals surface area (Å²) in [6.07, 6.45) is 3.96. The number of rotatable bonds is 9. The summed E-state index contributed by atoms with van der Waals surface area (Å²) in [4.78, 5) is 3.54. The molecule has 0 aliphatic carbocycles. The standard InChI is InChI=1S/C31H32ClN3O2/c1-20-16-25(17-21(2)30(20)32)36-15-9-10-23-18-33-31-26(23)13-8-14-27(31)29-22(3)35(4)34-28(29)19-37-24-11-6-5-7-12-24/h5-8,11-14,16-18,33H,9-10,15,19H2,1-4H3. The van der Waals surface area contributed by atoms with E-state index in [2.05, 4.69) is 36.3 Å². The number of nitrogens with zero attached hydrogens (tertiary/aromatic N) is 2. The Morgan fingerprint density at radius 1 is 0.919 bits per heavy atom. The highest BCUT2D eigenvalue weighted by Crippen LogP contribution is 2.35. The minimum atomic E-state index is 0.409. The van der Waals surface area contributed by atoms with Gasteiger partial charge in [0.25, 0.3) is 0 Å². The zero-order valence-corrected chi connectivity index (χ0v) is 22.5. The van der Waals surface area contributed by atoms with Crippen LogP contribution in [0.15, 0.2) is 66.9 Å². The smallest absolute Gasteiger partial charge is 0.133 e. The maximum Gasteiger partial charge on any atom is 0.133 e. The van der Waals surface area contributed by atoms with Gasteiger partial charge in [-0.15, -0.1) is 0 Å². The first-order valence-corrected chi connectivity index (χ1v) is 13.0. The lowest BCUT2D eigenvalue weighted by Crippen LogP contribution is -2.00. The minimum Gasteiger partial charge on any atom is -0.494 e. The highest BCUT2D eigenvalue weighted by atomic mass is 35.5. The summed E-state index contributed by atoms with van der Waals surface area (Å²) in [5.41, 5.74) is 8.79. The van der Waals surface area contributed by atoms with E-state index >= 15 is 0 Å². The lowest BCUT2D eigenvalue weighted by molar-refractivity contribution is 0.300. The van der Waals surface area contributed by atoms with E-state index in [0.717, 1.165) is 68.5 Å². The van der Waals surface area contributed by atoms with E-state index in [1.165, 1.54) is 10.9 Å². The van der Waals surface area contributed by atoms with Crippen LogP contribution in [0, 0.1) is 20.8 Å². The van der Waals surface area contributed by atoms with Crippen molar-refractivity contribution in [3.8, 4) is 22.6 Å². The number of ether oxygens (including phenoxy) is 2. The number of nitrogens with one attached hydrogen (secondary N) is 1. The Morgan fingerprint density at radius 3 is 2.43 bits per heavy atom. The Morgan fingerprint density at radius 2 is 1.68 bits per heavy atom. The van der Waals surface area contributed by atoms with Gasteiger partial charge >= 0.3 is 0 Å². The molecule has 6 heteroatoms. The van der Waals surface area contributed by atoms with E-state index in [9.17, 15) is 0 Å². The zero-order valence-electron chi connectivity index (χ0n) is 21.8. The summed E-state index contributed by atoms with van der Waals surface area (Å²) < 4.78 is 14.0. The first-order valence-electron chi connectivity index (χ1n) is 12.6. The molecule has 190 valence electrons. The summed E-state index contributed by atoms with van der Waals surface area (Å²) in [6, 6.07) is 20.3. The summed E-state index contributed by atoms with van der Waals surface area (Å²) in [7, 11) is 1.98. The first-order chi connectivity index (χ1) is 17.9. The van der Waals surface area contributed by atoms with Crippen LogP contribution < -0.4 is 9.47 Å². The van der Waals surface area contributed by atoms with Crippen molar-refractivity contribution in [3.05, 3.63) is 100.0 Å². The van der Waals surface area contributed by atoms with Crippen LogP contribution in [0.25, 0.3) is 22.0 Å². The normalized spacial score (nSPS) is 11.3. The second-order valence-electron chi connectivity index (χ2n) is 9.50. The molecule has 5 rings (SSSR count). The Bertz CT molecular complexity index is 1510. The molecule has 0 atom stereocenters. The molecule has 0 aliphatic rings. The van der Waals surface area contributed by atoms with Crippen LogP contribution in [0.2, 0.25) is 5.02 Å². The third-order valence-electron chi connectivity index (χ3n) is 6.86. The number of hydrogen-bond acceptors (Lipinski definition) is 3. The summed E-state index contributed by atoms with van der Waals surface area (Å²) in [5, 5.41) is 6.81. The molecule has 1 N–H and O–H groups in total. The van der Waals surface area contributed by atoms with Crippen LogP contribution >= 0.6 is 11.6 Å². The van der Waals surface area contributed by atoms with Crippen LogP contribution in [0.3, 0.4) is 0 Å². The van der Waals surface area contributed by atoms with Crippen molar-refractivity contribution in [2.24, 2.45) is 7.05 Å². The predicted octanol–water partition coefficient (Wildman–Crippen LogP) is 7.74. The number of halogens is 1. The Labute approximate surface area is 223 Å². The topological polar surface area (TPSA) is 52.1 Å². The fourth-order valence-electron chi connectivity index (χ4n) is 4.87. The van der Waals surface area contributed by atoms with Gasteiger partial charge in [-0.05, 0) is 74.6 Å². The monoisotopic (exact) mass is 513 g/mol. The SMILES string of the molecule is Cc1cc(OCCCc2c[nH]c3c(-c4c(COc5ccccc5)nn(C)c4C)cccc23)cc(C)c1Cl. The van der Waals surface area contributed by atoms with Gasteiger partial charge in [0, 0.05) is 40.5 Å². The zero-order chi connectivity index (χ0) is 25.9. The molecular formula is C31H32ClN3O2. The molecule has 0 amide bonds.